The van der Waals surface area contributed by atoms with E-state index in [0.29, 0.717) is 11.1 Å². The SMILES string of the molecule is CC(C)(C)OP(=O)(OCc1ccc(C(=O)OCN2C(=O)C(NC(=O)C(CCC(F)(F)F)C(CC3CC3)C(N)=O)N=C(c3ccccc3)c3cccc(F)c32)cc1)OC(C)(C)C. The van der Waals surface area contributed by atoms with Crippen LogP contribution in [0.1, 0.15) is 101 Å². The van der Waals surface area contributed by atoms with Crippen LogP contribution in [-0.2, 0) is 43.9 Å². The number of hydrogen-bond acceptors (Lipinski definition) is 10. The zero-order chi connectivity index (χ0) is 44.9. The van der Waals surface area contributed by atoms with Gasteiger partial charge in [-0.1, -0.05) is 67.4 Å². The second-order valence-corrected chi connectivity index (χ2v) is 18.5. The third-order valence-corrected chi connectivity index (χ3v) is 11.5. The van der Waals surface area contributed by atoms with Crippen LogP contribution >= 0.6 is 7.82 Å². The highest BCUT2D eigenvalue weighted by atomic mass is 31.2. The average molecular weight is 875 g/mol. The number of para-hydroxylation sites is 1. The summed E-state index contributed by atoms with van der Waals surface area (Å²) in [7, 11) is -4.05. The Hall–Kier alpha value is -4.96. The van der Waals surface area contributed by atoms with Crippen molar-refractivity contribution in [2.45, 2.75) is 104 Å². The number of halogens is 4. The number of benzodiazepines with no additional fused rings is 1. The summed E-state index contributed by atoms with van der Waals surface area (Å²) in [5.41, 5.74) is 4.58. The number of phosphoric ester groups is 1. The van der Waals surface area contributed by atoms with Gasteiger partial charge in [0.15, 0.2) is 6.73 Å². The number of carbonyl (C=O) groups is 4. The van der Waals surface area contributed by atoms with E-state index in [1.54, 1.807) is 71.9 Å². The first-order chi connectivity index (χ1) is 28.4. The second kappa shape index (κ2) is 19.0. The first-order valence-corrected chi connectivity index (χ1v) is 21.2. The normalized spacial score (nSPS) is 17.1. The molecule has 5 rings (SSSR count). The van der Waals surface area contributed by atoms with Crippen molar-refractivity contribution in [2.75, 3.05) is 11.6 Å². The molecule has 3 aromatic rings. The monoisotopic (exact) mass is 874 g/mol. The summed E-state index contributed by atoms with van der Waals surface area (Å²) >= 11 is 0. The Labute approximate surface area is 352 Å². The maximum atomic E-state index is 16.0. The lowest BCUT2D eigenvalue weighted by atomic mass is 9.83. The fourth-order valence-corrected chi connectivity index (χ4v) is 8.44. The molecule has 3 N–H and O–H groups in total. The maximum Gasteiger partial charge on any atom is 0.476 e. The number of benzene rings is 3. The number of nitrogens with zero attached hydrogens (tertiary/aromatic N) is 2. The molecule has 18 heteroatoms. The van der Waals surface area contributed by atoms with E-state index in [4.69, 9.17) is 24.0 Å². The Kier molecular flexibility index (Phi) is 14.6. The fraction of sp³-hybridized carbons (Fsp3) is 0.465. The van der Waals surface area contributed by atoms with Gasteiger partial charge in [-0.2, -0.15) is 13.2 Å². The van der Waals surface area contributed by atoms with E-state index in [1.807, 2.05) is 0 Å². The number of rotatable bonds is 17. The van der Waals surface area contributed by atoms with Crippen molar-refractivity contribution in [3.05, 3.63) is 101 Å². The predicted molar refractivity (Wildman–Crippen MR) is 217 cm³/mol. The molecular weight excluding hydrogens is 823 g/mol. The number of alkyl halides is 3. The van der Waals surface area contributed by atoms with Gasteiger partial charge in [-0.05, 0) is 84.1 Å². The molecule has 13 nitrogen and oxygen atoms in total. The Balaban J connectivity index is 1.42. The van der Waals surface area contributed by atoms with Gasteiger partial charge in [-0.3, -0.25) is 32.9 Å². The number of nitrogens with one attached hydrogen (secondary N) is 1. The minimum absolute atomic E-state index is 0.00610. The van der Waals surface area contributed by atoms with E-state index in [9.17, 15) is 36.9 Å². The highest BCUT2D eigenvalue weighted by molar-refractivity contribution is 7.48. The number of ether oxygens (including phenoxy) is 1. The lowest BCUT2D eigenvalue weighted by molar-refractivity contribution is -0.146. The zero-order valence-electron chi connectivity index (χ0n) is 34.8. The molecule has 1 fully saturated rings. The first-order valence-electron chi connectivity index (χ1n) is 19.7. The average Bonchev–Trinajstić information content (AvgIpc) is 3.99. The van der Waals surface area contributed by atoms with Crippen LogP contribution in [-0.4, -0.2) is 59.7 Å². The quantitative estimate of drug-likeness (QED) is 0.0767. The van der Waals surface area contributed by atoms with Crippen LogP contribution in [0.2, 0.25) is 0 Å². The number of nitrogens with two attached hydrogens (primary N) is 1. The number of esters is 1. The van der Waals surface area contributed by atoms with Crippen LogP contribution in [0, 0.1) is 23.6 Å². The number of anilines is 1. The summed E-state index contributed by atoms with van der Waals surface area (Å²) in [4.78, 5) is 59.8. The number of phosphoric acid groups is 1. The highest BCUT2D eigenvalue weighted by Gasteiger charge is 2.43. The summed E-state index contributed by atoms with van der Waals surface area (Å²) in [6.07, 6.45) is -7.20. The topological polar surface area (TPSA) is 176 Å². The Morgan fingerprint density at radius 1 is 0.902 bits per heavy atom. The number of carbonyl (C=O) groups excluding carboxylic acids is 4. The number of fused-ring (bicyclic) bond motifs is 1. The third-order valence-electron chi connectivity index (χ3n) is 9.48. The number of hydrogen-bond donors (Lipinski definition) is 2. The van der Waals surface area contributed by atoms with Crippen LogP contribution in [0.15, 0.2) is 77.8 Å². The van der Waals surface area contributed by atoms with E-state index >= 15 is 4.39 Å². The standard InChI is InChI=1S/C43H51F4N4O9P/c1-41(2,3)59-61(56,60-42(4,5)6)58-24-27-17-19-29(20-18-27)40(55)57-25-51-35-31(13-10-14-33(35)44)34(28-11-8-7-9-12-28)49-37(39(51)54)50-38(53)30(21-22-43(45,46)47)32(36(48)52)23-26-15-16-26/h7-14,17-20,26,30,32,37H,15-16,21-25H2,1-6H3,(H2,48,52)(H,50,53). The van der Waals surface area contributed by atoms with Crippen LogP contribution in [0.4, 0.5) is 23.2 Å². The van der Waals surface area contributed by atoms with Crippen molar-refractivity contribution in [3.8, 4) is 0 Å². The predicted octanol–water partition coefficient (Wildman–Crippen LogP) is 8.38. The molecule has 0 radical (unpaired) electrons. The van der Waals surface area contributed by atoms with Crippen molar-refractivity contribution in [1.29, 1.82) is 0 Å². The number of primary amides is 1. The van der Waals surface area contributed by atoms with Crippen molar-refractivity contribution in [3.63, 3.8) is 0 Å². The van der Waals surface area contributed by atoms with Crippen LogP contribution in [0.5, 0.6) is 0 Å². The molecule has 330 valence electrons. The van der Waals surface area contributed by atoms with Crippen molar-refractivity contribution >= 4 is 42.9 Å². The van der Waals surface area contributed by atoms with E-state index in [-0.39, 0.29) is 41.5 Å². The molecule has 1 aliphatic heterocycles. The van der Waals surface area contributed by atoms with Gasteiger partial charge in [0, 0.05) is 29.4 Å². The molecule has 1 aliphatic carbocycles. The molecular formula is C43H51F4N4O9P. The molecule has 2 aliphatic rings. The van der Waals surface area contributed by atoms with Gasteiger partial charge < -0.3 is 15.8 Å². The molecule has 1 saturated carbocycles. The fourth-order valence-electron chi connectivity index (χ4n) is 6.65. The highest BCUT2D eigenvalue weighted by Crippen LogP contribution is 2.56. The molecule has 61 heavy (non-hydrogen) atoms. The zero-order valence-corrected chi connectivity index (χ0v) is 35.7. The molecule has 3 atom stereocenters. The number of aliphatic imine (C=N–C) groups is 1. The molecule has 0 spiro atoms. The Bertz CT molecular complexity index is 2130. The van der Waals surface area contributed by atoms with E-state index in [2.05, 4.69) is 10.3 Å². The molecule has 3 unspecified atom stereocenters. The maximum absolute atomic E-state index is 16.0. The summed E-state index contributed by atoms with van der Waals surface area (Å²) < 4.78 is 92.4. The molecule has 0 bridgehead atoms. The van der Waals surface area contributed by atoms with Gasteiger partial charge in [-0.25, -0.2) is 18.7 Å². The van der Waals surface area contributed by atoms with Crippen molar-refractivity contribution in [1.82, 2.24) is 5.32 Å². The second-order valence-electron chi connectivity index (χ2n) is 17.0. The van der Waals surface area contributed by atoms with Crippen LogP contribution in [0.25, 0.3) is 0 Å². The Morgan fingerprint density at radius 2 is 1.52 bits per heavy atom. The van der Waals surface area contributed by atoms with Gasteiger partial charge >= 0.3 is 20.0 Å². The first kappa shape index (κ1) is 47.1. The summed E-state index contributed by atoms with van der Waals surface area (Å²) in [6.45, 7) is 9.08. The largest absolute Gasteiger partial charge is 0.476 e. The smallest absolute Gasteiger partial charge is 0.440 e. The lowest BCUT2D eigenvalue weighted by Gasteiger charge is -2.30. The Morgan fingerprint density at radius 3 is 2.08 bits per heavy atom. The van der Waals surface area contributed by atoms with Gasteiger partial charge in [0.25, 0.3) is 5.91 Å². The van der Waals surface area contributed by atoms with Crippen molar-refractivity contribution in [2.24, 2.45) is 28.5 Å². The number of amides is 3. The van der Waals surface area contributed by atoms with Gasteiger partial charge in [-0.15, -0.1) is 0 Å². The van der Waals surface area contributed by atoms with Crippen molar-refractivity contribution < 1.29 is 59.6 Å². The van der Waals surface area contributed by atoms with E-state index < -0.39 is 92.3 Å². The molecule has 3 amide bonds. The van der Waals surface area contributed by atoms with E-state index in [0.717, 1.165) is 23.8 Å². The third kappa shape index (κ3) is 13.5. The molecule has 0 saturated heterocycles. The van der Waals surface area contributed by atoms with Gasteiger partial charge in [0.1, 0.15) is 5.82 Å². The van der Waals surface area contributed by atoms with E-state index in [1.165, 1.54) is 36.4 Å². The minimum atomic E-state index is -4.67. The molecule has 3 aromatic carbocycles. The minimum Gasteiger partial charge on any atom is -0.440 e. The summed E-state index contributed by atoms with van der Waals surface area (Å²) in [5, 5.41) is 2.43. The molecule has 0 aromatic heterocycles. The molecule has 1 heterocycles. The van der Waals surface area contributed by atoms with Gasteiger partial charge in [0.05, 0.1) is 34.8 Å². The van der Waals surface area contributed by atoms with Gasteiger partial charge in [0.2, 0.25) is 18.0 Å². The van der Waals surface area contributed by atoms with Crippen LogP contribution < -0.4 is 16.0 Å². The lowest BCUT2D eigenvalue weighted by Crippen LogP contribution is -2.51. The van der Waals surface area contributed by atoms with Crippen LogP contribution in [0.3, 0.4) is 0 Å². The summed E-state index contributed by atoms with van der Waals surface area (Å²) in [5.74, 6) is -7.81. The summed E-state index contributed by atoms with van der Waals surface area (Å²) in [6, 6.07) is 18.0.